The van der Waals surface area contributed by atoms with Gasteiger partial charge in [-0.05, 0) is 35.4 Å². The molecule has 1 saturated carbocycles. The number of thiazole rings is 2. The average molecular weight is 545 g/mol. The lowest BCUT2D eigenvalue weighted by Crippen LogP contribution is -2.36. The highest BCUT2D eigenvalue weighted by atomic mass is 35.5. The maximum Gasteiger partial charge on any atom is 0.573 e. The number of likely N-dealkylation sites (tertiary alicyclic amines) is 1. The van der Waals surface area contributed by atoms with Gasteiger partial charge in [-0.2, -0.15) is 0 Å². The Balaban J connectivity index is 1.23. The van der Waals surface area contributed by atoms with Gasteiger partial charge < -0.3 is 14.4 Å². The van der Waals surface area contributed by atoms with Crippen molar-refractivity contribution < 1.29 is 27.4 Å². The molecule has 2 aliphatic rings. The van der Waals surface area contributed by atoms with Crippen LogP contribution in [0.1, 0.15) is 10.4 Å². The Labute approximate surface area is 212 Å². The summed E-state index contributed by atoms with van der Waals surface area (Å²) < 4.78 is 47.8. The molecule has 1 aliphatic heterocycles. The van der Waals surface area contributed by atoms with Crippen molar-refractivity contribution in [2.45, 2.75) is 19.5 Å². The Morgan fingerprint density at radius 3 is 2.71 bits per heavy atom. The normalized spacial score (nSPS) is 21.5. The minimum atomic E-state index is -4.79. The van der Waals surface area contributed by atoms with E-state index in [9.17, 15) is 18.0 Å². The van der Waals surface area contributed by atoms with Crippen LogP contribution in [0.2, 0.25) is 4.47 Å². The maximum absolute atomic E-state index is 12.9. The Kier molecular flexibility index (Phi) is 6.88. The summed E-state index contributed by atoms with van der Waals surface area (Å²) in [5, 5.41) is 1.61. The number of halogens is 4. The zero-order chi connectivity index (χ0) is 24.6. The maximum atomic E-state index is 12.9. The van der Waals surface area contributed by atoms with E-state index in [1.54, 1.807) is 23.2 Å². The third-order valence-electron chi connectivity index (χ3n) is 6.15. The molecule has 0 radical (unpaired) electrons. The monoisotopic (exact) mass is 544 g/mol. The molecule has 2 atom stereocenters. The van der Waals surface area contributed by atoms with E-state index in [4.69, 9.17) is 16.3 Å². The van der Waals surface area contributed by atoms with E-state index in [0.717, 1.165) is 24.5 Å². The van der Waals surface area contributed by atoms with E-state index in [0.29, 0.717) is 34.3 Å². The fourth-order valence-electron chi connectivity index (χ4n) is 4.64. The number of benzene rings is 1. The quantitative estimate of drug-likeness (QED) is 0.371. The molecule has 1 amide bonds. The van der Waals surface area contributed by atoms with Gasteiger partial charge in [-0.25, -0.2) is 14.8 Å². The van der Waals surface area contributed by atoms with Crippen LogP contribution in [0.4, 0.5) is 18.0 Å². The Hall–Kier alpha value is -2.41. The van der Waals surface area contributed by atoms with Crippen LogP contribution < -0.4 is 9.47 Å². The highest BCUT2D eigenvalue weighted by Crippen LogP contribution is 2.52. The lowest BCUT2D eigenvalue weighted by molar-refractivity contribution is -0.274. The zero-order valence-corrected chi connectivity index (χ0v) is 20.5. The van der Waals surface area contributed by atoms with Crippen molar-refractivity contribution in [1.29, 1.82) is 0 Å². The van der Waals surface area contributed by atoms with Crippen molar-refractivity contribution in [3.8, 4) is 11.6 Å². The van der Waals surface area contributed by atoms with Crippen LogP contribution >= 0.6 is 34.3 Å². The summed E-state index contributed by atoms with van der Waals surface area (Å²) >= 11 is 8.69. The number of rotatable bonds is 8. The number of hydrogen-bond acceptors (Lipinski definition) is 8. The highest BCUT2D eigenvalue weighted by molar-refractivity contribution is 7.15. The van der Waals surface area contributed by atoms with Crippen molar-refractivity contribution >= 4 is 40.4 Å². The molecule has 35 heavy (non-hydrogen) atoms. The molecular formula is C22H20ClF3N4O3S2. The molecule has 0 bridgehead atoms. The molecule has 3 heterocycles. The van der Waals surface area contributed by atoms with Gasteiger partial charge in [-0.15, -0.1) is 35.8 Å². The standard InChI is InChI=1S/C22H20ClF3N4O3S2/c23-20-27-5-15(35-20)7-29-8-16-17(9-29)18(16)10-30(21(31)32-19-11-34-12-28-19)6-13-2-1-3-14(4-13)33-22(24,25)26/h1-5,11-12,16-18H,6-10H2. The number of fused-ring (bicyclic) bond motifs is 1. The smallest absolute Gasteiger partial charge is 0.406 e. The summed E-state index contributed by atoms with van der Waals surface area (Å²) in [5.41, 5.74) is 2.07. The number of carbonyl (C=O) groups is 1. The molecule has 1 saturated heterocycles. The Bertz CT molecular complexity index is 1160. The summed E-state index contributed by atoms with van der Waals surface area (Å²) in [7, 11) is 0. The lowest BCUT2D eigenvalue weighted by atomic mass is 10.2. The lowest BCUT2D eigenvalue weighted by Gasteiger charge is -2.24. The number of nitrogens with zero attached hydrogens (tertiary/aromatic N) is 4. The second-order valence-electron chi connectivity index (χ2n) is 8.54. The van der Waals surface area contributed by atoms with Gasteiger partial charge in [0.2, 0.25) is 5.88 Å². The first-order valence-corrected chi connectivity index (χ1v) is 12.9. The molecule has 1 aromatic carbocycles. The van der Waals surface area contributed by atoms with Gasteiger partial charge in [0.25, 0.3) is 0 Å². The molecule has 5 rings (SSSR count). The summed E-state index contributed by atoms with van der Waals surface area (Å²) in [6.45, 7) is 3.16. The minimum absolute atomic E-state index is 0.0943. The number of alkyl halides is 3. The molecule has 3 aromatic rings. The van der Waals surface area contributed by atoms with Gasteiger partial charge in [-0.1, -0.05) is 23.7 Å². The number of hydrogen-bond donors (Lipinski definition) is 0. The first kappa shape index (κ1) is 24.3. The first-order chi connectivity index (χ1) is 16.7. The Morgan fingerprint density at radius 1 is 1.26 bits per heavy atom. The summed E-state index contributed by atoms with van der Waals surface area (Å²) in [6, 6.07) is 5.63. The van der Waals surface area contributed by atoms with Crippen LogP contribution in [0, 0.1) is 17.8 Å². The summed E-state index contributed by atoms with van der Waals surface area (Å²) in [6.07, 6.45) is -3.58. The second-order valence-corrected chi connectivity index (χ2v) is 11.0. The van der Waals surface area contributed by atoms with Crippen molar-refractivity contribution in [1.82, 2.24) is 19.8 Å². The van der Waals surface area contributed by atoms with Crippen molar-refractivity contribution in [3.63, 3.8) is 0 Å². The highest BCUT2D eigenvalue weighted by Gasteiger charge is 2.56. The first-order valence-electron chi connectivity index (χ1n) is 10.8. The predicted octanol–water partition coefficient (Wildman–Crippen LogP) is 5.53. The number of piperidine rings is 1. The van der Waals surface area contributed by atoms with Crippen LogP contribution in [0.3, 0.4) is 0 Å². The van der Waals surface area contributed by atoms with Crippen LogP contribution in [0.5, 0.6) is 11.6 Å². The molecule has 186 valence electrons. The number of ether oxygens (including phenoxy) is 2. The molecule has 2 unspecified atom stereocenters. The van der Waals surface area contributed by atoms with E-state index in [-0.39, 0.29) is 18.2 Å². The SMILES string of the molecule is O=C(Oc1cscn1)N(Cc1cccc(OC(F)(F)F)c1)CC1C2CN(Cc3cnc(Cl)s3)CC21. The van der Waals surface area contributed by atoms with E-state index in [1.807, 2.05) is 0 Å². The largest absolute Gasteiger partial charge is 0.573 e. The van der Waals surface area contributed by atoms with Crippen LogP contribution in [-0.2, 0) is 13.1 Å². The zero-order valence-electron chi connectivity index (χ0n) is 18.2. The molecule has 13 heteroatoms. The van der Waals surface area contributed by atoms with Gasteiger partial charge in [0.15, 0.2) is 4.47 Å². The van der Waals surface area contributed by atoms with Crippen LogP contribution in [0.25, 0.3) is 0 Å². The summed E-state index contributed by atoms with van der Waals surface area (Å²) in [4.78, 5) is 26.0. The van der Waals surface area contributed by atoms with Crippen molar-refractivity contribution in [2.24, 2.45) is 17.8 Å². The number of amides is 1. The van der Waals surface area contributed by atoms with Crippen LogP contribution in [0.15, 0.2) is 41.4 Å². The molecule has 2 aromatic heterocycles. The third kappa shape index (κ3) is 6.24. The van der Waals surface area contributed by atoms with E-state index >= 15 is 0 Å². The molecule has 7 nitrogen and oxygen atoms in total. The van der Waals surface area contributed by atoms with Crippen LogP contribution in [-0.4, -0.2) is 51.9 Å². The molecule has 1 aliphatic carbocycles. The van der Waals surface area contributed by atoms with Crippen molar-refractivity contribution in [2.75, 3.05) is 19.6 Å². The van der Waals surface area contributed by atoms with Crippen molar-refractivity contribution in [3.05, 3.63) is 56.3 Å². The Morgan fingerprint density at radius 2 is 2.06 bits per heavy atom. The third-order valence-corrected chi connectivity index (χ3v) is 7.81. The molecule has 2 fully saturated rings. The summed E-state index contributed by atoms with van der Waals surface area (Å²) in [5.74, 6) is 1.07. The van der Waals surface area contributed by atoms with Gasteiger partial charge >= 0.3 is 12.5 Å². The second kappa shape index (κ2) is 9.92. The fraction of sp³-hybridized carbons (Fsp3) is 0.409. The van der Waals surface area contributed by atoms with E-state index in [1.165, 1.54) is 45.8 Å². The van der Waals surface area contributed by atoms with Gasteiger partial charge in [0.1, 0.15) is 5.75 Å². The number of carbonyl (C=O) groups excluding carboxylic acids is 1. The van der Waals surface area contributed by atoms with Gasteiger partial charge in [0.05, 0.1) is 10.9 Å². The average Bonchev–Trinajstić information content (AvgIpc) is 3.27. The molecule has 0 N–H and O–H groups in total. The minimum Gasteiger partial charge on any atom is -0.406 e. The fourth-order valence-corrected chi connectivity index (χ4v) is 6.11. The molecule has 0 spiro atoms. The molecular weight excluding hydrogens is 525 g/mol. The topological polar surface area (TPSA) is 67.8 Å². The van der Waals surface area contributed by atoms with Gasteiger partial charge in [-0.3, -0.25) is 4.90 Å². The number of aromatic nitrogens is 2. The predicted molar refractivity (Wildman–Crippen MR) is 125 cm³/mol. The van der Waals surface area contributed by atoms with Gasteiger partial charge in [0, 0.05) is 43.8 Å². The van der Waals surface area contributed by atoms with E-state index in [2.05, 4.69) is 19.6 Å². The van der Waals surface area contributed by atoms with E-state index < -0.39 is 12.5 Å².